The molecule has 1 amide bonds. The van der Waals surface area contributed by atoms with Gasteiger partial charge in [0.25, 0.3) is 0 Å². The van der Waals surface area contributed by atoms with Crippen LogP contribution in [-0.4, -0.2) is 32.8 Å². The molecule has 3 aromatic rings. The molecule has 0 unspecified atom stereocenters. The Bertz CT molecular complexity index is 1140. The van der Waals surface area contributed by atoms with E-state index in [1.54, 1.807) is 23.9 Å². The molecule has 0 saturated heterocycles. The van der Waals surface area contributed by atoms with E-state index in [1.165, 1.54) is 0 Å². The Morgan fingerprint density at radius 2 is 1.94 bits per heavy atom. The first kappa shape index (κ1) is 21.6. The molecule has 1 saturated carbocycles. The fraction of sp³-hybridized carbons (Fsp3) is 0.360. The lowest BCUT2D eigenvalue weighted by molar-refractivity contribution is -0.117. The van der Waals surface area contributed by atoms with E-state index < -0.39 is 0 Å². The molecule has 1 N–H and O–H groups in total. The van der Waals surface area contributed by atoms with Crippen LogP contribution in [0.5, 0.6) is 0 Å². The summed E-state index contributed by atoms with van der Waals surface area (Å²) in [4.78, 5) is 18.9. The molecule has 4 rings (SSSR count). The summed E-state index contributed by atoms with van der Waals surface area (Å²) < 4.78 is 1.79. The molecule has 7 nitrogen and oxygen atoms in total. The van der Waals surface area contributed by atoms with Crippen molar-refractivity contribution in [3.05, 3.63) is 60.0 Å². The Labute approximate surface area is 188 Å². The summed E-state index contributed by atoms with van der Waals surface area (Å²) in [6.45, 7) is 3.72. The van der Waals surface area contributed by atoms with Gasteiger partial charge in [-0.2, -0.15) is 10.4 Å². The second kappa shape index (κ2) is 9.23. The van der Waals surface area contributed by atoms with Crippen LogP contribution in [0.1, 0.15) is 43.7 Å². The van der Waals surface area contributed by atoms with E-state index in [0.717, 1.165) is 53.9 Å². The lowest BCUT2D eigenvalue weighted by atomic mass is 9.89. The van der Waals surface area contributed by atoms with Crippen molar-refractivity contribution in [1.29, 1.82) is 5.26 Å². The van der Waals surface area contributed by atoms with E-state index >= 15 is 0 Å². The number of aryl methyl sites for hydroxylation is 2. The van der Waals surface area contributed by atoms with E-state index in [0.29, 0.717) is 11.6 Å². The lowest BCUT2D eigenvalue weighted by Crippen LogP contribution is -2.43. The number of rotatable bonds is 5. The Morgan fingerprint density at radius 3 is 2.50 bits per heavy atom. The molecule has 32 heavy (non-hydrogen) atoms. The van der Waals surface area contributed by atoms with Gasteiger partial charge in [-0.1, -0.05) is 6.07 Å². The molecule has 164 valence electrons. The zero-order valence-corrected chi connectivity index (χ0v) is 18.7. The molecule has 0 atom stereocenters. The summed E-state index contributed by atoms with van der Waals surface area (Å²) in [7, 11) is 1.91. The van der Waals surface area contributed by atoms with Gasteiger partial charge in [-0.15, -0.1) is 0 Å². The minimum atomic E-state index is 0.0763. The molecule has 1 aliphatic carbocycles. The molecule has 0 aliphatic heterocycles. The number of hydrogen-bond acceptors (Lipinski definition) is 5. The van der Waals surface area contributed by atoms with Crippen molar-refractivity contribution in [2.24, 2.45) is 7.05 Å². The van der Waals surface area contributed by atoms with Crippen LogP contribution in [0, 0.1) is 18.3 Å². The fourth-order valence-electron chi connectivity index (χ4n) is 4.53. The van der Waals surface area contributed by atoms with Crippen molar-refractivity contribution in [3.8, 4) is 17.2 Å². The zero-order chi connectivity index (χ0) is 22.7. The second-order valence-corrected chi connectivity index (χ2v) is 8.49. The topological polar surface area (TPSA) is 86.8 Å². The quantitative estimate of drug-likeness (QED) is 0.649. The van der Waals surface area contributed by atoms with Crippen LogP contribution in [0.15, 0.2) is 48.9 Å². The SMILES string of the molecule is CC(=O)N(c1ccc(-c2cnn(C)c2)cc1C)[C@H]1CC[C@H](Nc2ccc(C#N)cn2)CC1. The van der Waals surface area contributed by atoms with Gasteiger partial charge in [0.1, 0.15) is 11.9 Å². The first-order chi connectivity index (χ1) is 15.4. The highest BCUT2D eigenvalue weighted by Gasteiger charge is 2.29. The standard InChI is InChI=1S/C25H28N6O/c1-17-12-20(21-15-28-30(3)16-21)5-10-24(17)31(18(2)32)23-8-6-22(7-9-23)29-25-11-4-19(13-26)14-27-25/h4-5,10-12,14-16,22-23H,6-9H2,1-3H3,(H,27,29)/t22-,23-. The number of nitrogens with one attached hydrogen (secondary N) is 1. The molecule has 0 radical (unpaired) electrons. The van der Waals surface area contributed by atoms with Gasteiger partial charge in [-0.3, -0.25) is 9.48 Å². The maximum absolute atomic E-state index is 12.6. The molecule has 1 aliphatic rings. The van der Waals surface area contributed by atoms with Crippen LogP contribution >= 0.6 is 0 Å². The minimum absolute atomic E-state index is 0.0763. The highest BCUT2D eigenvalue weighted by Crippen LogP contribution is 2.33. The number of nitrogens with zero attached hydrogens (tertiary/aromatic N) is 5. The predicted octanol–water partition coefficient (Wildman–Crippen LogP) is 4.44. The van der Waals surface area contributed by atoms with Crippen molar-refractivity contribution in [2.45, 2.75) is 51.6 Å². The van der Waals surface area contributed by atoms with Crippen LogP contribution in [-0.2, 0) is 11.8 Å². The molecule has 2 heterocycles. The van der Waals surface area contributed by atoms with Gasteiger partial charge in [0.15, 0.2) is 0 Å². The van der Waals surface area contributed by atoms with Gasteiger partial charge >= 0.3 is 0 Å². The average Bonchev–Trinajstić information content (AvgIpc) is 3.23. The van der Waals surface area contributed by atoms with E-state index in [9.17, 15) is 4.79 Å². The number of amides is 1. The van der Waals surface area contributed by atoms with Crippen molar-refractivity contribution in [1.82, 2.24) is 14.8 Å². The van der Waals surface area contributed by atoms with Crippen molar-refractivity contribution in [2.75, 3.05) is 10.2 Å². The second-order valence-electron chi connectivity index (χ2n) is 8.49. The van der Waals surface area contributed by atoms with Crippen LogP contribution in [0.4, 0.5) is 11.5 Å². The fourth-order valence-corrected chi connectivity index (χ4v) is 4.53. The van der Waals surface area contributed by atoms with Crippen LogP contribution in [0.3, 0.4) is 0 Å². The molecule has 2 aromatic heterocycles. The molecule has 0 spiro atoms. The number of aromatic nitrogens is 3. The van der Waals surface area contributed by atoms with Crippen molar-refractivity contribution >= 4 is 17.4 Å². The summed E-state index contributed by atoms with van der Waals surface area (Å²) >= 11 is 0. The first-order valence-electron chi connectivity index (χ1n) is 11.0. The highest BCUT2D eigenvalue weighted by molar-refractivity contribution is 5.93. The van der Waals surface area contributed by atoms with Gasteiger partial charge in [-0.25, -0.2) is 4.98 Å². The third-order valence-corrected chi connectivity index (χ3v) is 6.14. The summed E-state index contributed by atoms with van der Waals surface area (Å²) in [5.74, 6) is 0.866. The van der Waals surface area contributed by atoms with Gasteiger partial charge in [-0.05, 0) is 68.0 Å². The normalized spacial score (nSPS) is 18.1. The van der Waals surface area contributed by atoms with E-state index in [4.69, 9.17) is 5.26 Å². The van der Waals surface area contributed by atoms with E-state index in [1.807, 2.05) is 30.4 Å². The van der Waals surface area contributed by atoms with Crippen LogP contribution in [0.2, 0.25) is 0 Å². The van der Waals surface area contributed by atoms with E-state index in [2.05, 4.69) is 46.6 Å². The Kier molecular flexibility index (Phi) is 6.22. The van der Waals surface area contributed by atoms with Gasteiger partial charge in [0.05, 0.1) is 11.8 Å². The molecular formula is C25H28N6O. The first-order valence-corrected chi connectivity index (χ1v) is 11.0. The summed E-state index contributed by atoms with van der Waals surface area (Å²) in [5.41, 5.74) is 4.80. The Morgan fingerprint density at radius 1 is 1.16 bits per heavy atom. The Hall–Kier alpha value is -3.66. The number of anilines is 2. The summed E-state index contributed by atoms with van der Waals surface area (Å²) in [6.07, 6.45) is 9.21. The zero-order valence-electron chi connectivity index (χ0n) is 18.7. The highest BCUT2D eigenvalue weighted by atomic mass is 16.2. The van der Waals surface area contributed by atoms with E-state index in [-0.39, 0.29) is 11.9 Å². The number of carbonyl (C=O) groups is 1. The predicted molar refractivity (Wildman–Crippen MR) is 125 cm³/mol. The molecule has 1 fully saturated rings. The van der Waals surface area contributed by atoms with Crippen LogP contribution < -0.4 is 10.2 Å². The monoisotopic (exact) mass is 428 g/mol. The maximum Gasteiger partial charge on any atom is 0.224 e. The van der Waals surface area contributed by atoms with Crippen LogP contribution in [0.25, 0.3) is 11.1 Å². The largest absolute Gasteiger partial charge is 0.367 e. The number of pyridine rings is 1. The summed E-state index contributed by atoms with van der Waals surface area (Å²) in [5, 5.41) is 16.6. The molecule has 7 heteroatoms. The lowest BCUT2D eigenvalue weighted by Gasteiger charge is -2.37. The third kappa shape index (κ3) is 4.65. The van der Waals surface area contributed by atoms with Crippen molar-refractivity contribution < 1.29 is 4.79 Å². The number of benzene rings is 1. The number of carbonyl (C=O) groups excluding carboxylic acids is 1. The van der Waals surface area contributed by atoms with Crippen molar-refractivity contribution in [3.63, 3.8) is 0 Å². The molecule has 1 aromatic carbocycles. The third-order valence-electron chi connectivity index (χ3n) is 6.14. The minimum Gasteiger partial charge on any atom is -0.367 e. The molecule has 0 bridgehead atoms. The summed E-state index contributed by atoms with van der Waals surface area (Å²) in [6, 6.07) is 12.5. The Balaban J connectivity index is 1.44. The molecular weight excluding hydrogens is 400 g/mol. The maximum atomic E-state index is 12.6. The number of nitriles is 1. The average molecular weight is 429 g/mol. The van der Waals surface area contributed by atoms with Gasteiger partial charge in [0.2, 0.25) is 5.91 Å². The van der Waals surface area contributed by atoms with Gasteiger partial charge < -0.3 is 10.2 Å². The number of hydrogen-bond donors (Lipinski definition) is 1. The smallest absolute Gasteiger partial charge is 0.224 e. The van der Waals surface area contributed by atoms with Gasteiger partial charge in [0, 0.05) is 49.7 Å².